The first kappa shape index (κ1) is 18.7. The van der Waals surface area contributed by atoms with Gasteiger partial charge in [0.25, 0.3) is 11.8 Å². The molecule has 0 aliphatic rings. The summed E-state index contributed by atoms with van der Waals surface area (Å²) in [6, 6.07) is 11.5. The van der Waals surface area contributed by atoms with Crippen LogP contribution in [0.2, 0.25) is 0 Å². The van der Waals surface area contributed by atoms with Crippen molar-refractivity contribution in [3.8, 4) is 0 Å². The molecule has 8 heteroatoms. The molecule has 0 saturated carbocycles. The summed E-state index contributed by atoms with van der Waals surface area (Å²) in [6.07, 6.45) is 1.48. The maximum absolute atomic E-state index is 12.4. The second-order valence-electron chi connectivity index (χ2n) is 6.50. The molecule has 0 aliphatic heterocycles. The van der Waals surface area contributed by atoms with Gasteiger partial charge in [-0.2, -0.15) is 11.3 Å². The van der Waals surface area contributed by atoms with Crippen molar-refractivity contribution in [1.82, 2.24) is 9.88 Å². The van der Waals surface area contributed by atoms with E-state index < -0.39 is 0 Å². The van der Waals surface area contributed by atoms with E-state index in [2.05, 4.69) is 10.6 Å². The molecule has 3 heterocycles. The van der Waals surface area contributed by atoms with Gasteiger partial charge in [0.2, 0.25) is 5.56 Å². The highest BCUT2D eigenvalue weighted by Crippen LogP contribution is 2.23. The Bertz CT molecular complexity index is 1250. The molecule has 2 N–H and O–H groups in total. The number of thiophene rings is 1. The normalized spacial score (nSPS) is 10.8. The van der Waals surface area contributed by atoms with Crippen molar-refractivity contribution >= 4 is 39.8 Å². The topological polar surface area (TPSA) is 93.3 Å². The molecule has 0 bridgehead atoms. The number of amides is 2. The maximum atomic E-state index is 12.4. The van der Waals surface area contributed by atoms with Gasteiger partial charge in [-0.1, -0.05) is 0 Å². The molecule has 0 fully saturated rings. The second kappa shape index (κ2) is 7.76. The van der Waals surface area contributed by atoms with Gasteiger partial charge < -0.3 is 19.6 Å². The SMILES string of the molecule is Cn1cc(C(=O)Nc2ccc3oc(C(=O)NCc4ccsc4)cc3c2)ccc1=O. The minimum atomic E-state index is -0.336. The predicted octanol–water partition coefficient (Wildman–Crippen LogP) is 3.38. The molecule has 1 aromatic carbocycles. The Morgan fingerprint density at radius 3 is 2.72 bits per heavy atom. The molecular formula is C21H17N3O4S. The standard InChI is InChI=1S/C21H17N3O4S/c1-24-11-14(2-5-19(24)25)20(26)23-16-3-4-17-15(8-16)9-18(28-17)21(27)22-10-13-6-7-29-12-13/h2-9,11-12H,10H2,1H3,(H,22,27)(H,23,26). The number of benzene rings is 1. The Hall–Kier alpha value is -3.65. The fraction of sp³-hybridized carbons (Fsp3) is 0.0952. The Labute approximate surface area is 169 Å². The lowest BCUT2D eigenvalue weighted by atomic mass is 10.2. The van der Waals surface area contributed by atoms with Crippen LogP contribution in [-0.4, -0.2) is 16.4 Å². The fourth-order valence-electron chi connectivity index (χ4n) is 2.83. The first-order chi connectivity index (χ1) is 14.0. The second-order valence-corrected chi connectivity index (χ2v) is 7.28. The summed E-state index contributed by atoms with van der Waals surface area (Å²) in [4.78, 5) is 36.2. The highest BCUT2D eigenvalue weighted by molar-refractivity contribution is 7.07. The Morgan fingerprint density at radius 1 is 1.10 bits per heavy atom. The first-order valence-electron chi connectivity index (χ1n) is 8.80. The summed E-state index contributed by atoms with van der Waals surface area (Å²) in [6.45, 7) is 0.431. The van der Waals surface area contributed by atoms with Crippen LogP contribution in [0.1, 0.15) is 26.5 Å². The highest BCUT2D eigenvalue weighted by atomic mass is 32.1. The van der Waals surface area contributed by atoms with Gasteiger partial charge in [0, 0.05) is 36.9 Å². The molecule has 0 unspecified atom stereocenters. The van der Waals surface area contributed by atoms with Crippen molar-refractivity contribution in [1.29, 1.82) is 0 Å². The third-order valence-electron chi connectivity index (χ3n) is 4.38. The molecule has 0 saturated heterocycles. The molecule has 0 radical (unpaired) electrons. The van der Waals surface area contributed by atoms with Crippen molar-refractivity contribution in [3.05, 3.63) is 86.7 Å². The number of aryl methyl sites for hydroxylation is 1. The minimum absolute atomic E-state index is 0.189. The number of nitrogens with zero attached hydrogens (tertiary/aromatic N) is 1. The van der Waals surface area contributed by atoms with Crippen molar-refractivity contribution in [2.45, 2.75) is 6.54 Å². The zero-order valence-electron chi connectivity index (χ0n) is 15.5. The van der Waals surface area contributed by atoms with E-state index in [0.717, 1.165) is 5.56 Å². The van der Waals surface area contributed by atoms with Crippen LogP contribution in [0, 0.1) is 0 Å². The lowest BCUT2D eigenvalue weighted by molar-refractivity contribution is 0.0925. The molecule has 29 heavy (non-hydrogen) atoms. The van der Waals surface area contributed by atoms with E-state index in [9.17, 15) is 14.4 Å². The Kier molecular flexibility index (Phi) is 5.01. The Morgan fingerprint density at radius 2 is 1.97 bits per heavy atom. The van der Waals surface area contributed by atoms with E-state index >= 15 is 0 Å². The molecule has 3 aromatic heterocycles. The molecule has 0 atom stereocenters. The summed E-state index contributed by atoms with van der Waals surface area (Å²) >= 11 is 1.57. The van der Waals surface area contributed by atoms with Gasteiger partial charge in [-0.25, -0.2) is 0 Å². The average molecular weight is 407 g/mol. The lowest BCUT2D eigenvalue weighted by Crippen LogP contribution is -2.21. The van der Waals surface area contributed by atoms with E-state index in [4.69, 9.17) is 4.42 Å². The van der Waals surface area contributed by atoms with E-state index in [1.165, 1.54) is 22.9 Å². The number of nitrogens with one attached hydrogen (secondary N) is 2. The summed E-state index contributed by atoms with van der Waals surface area (Å²) < 4.78 is 6.96. The van der Waals surface area contributed by atoms with Gasteiger partial charge in [0.1, 0.15) is 5.58 Å². The maximum Gasteiger partial charge on any atom is 0.287 e. The quantitative estimate of drug-likeness (QED) is 0.530. The summed E-state index contributed by atoms with van der Waals surface area (Å²) in [5, 5.41) is 10.2. The van der Waals surface area contributed by atoms with E-state index in [1.54, 1.807) is 42.6 Å². The zero-order valence-corrected chi connectivity index (χ0v) is 16.3. The Balaban J connectivity index is 1.49. The molecule has 0 spiro atoms. The smallest absolute Gasteiger partial charge is 0.287 e. The third-order valence-corrected chi connectivity index (χ3v) is 5.11. The number of pyridine rings is 1. The van der Waals surface area contributed by atoms with Crippen LogP contribution in [0.3, 0.4) is 0 Å². The van der Waals surface area contributed by atoms with Crippen LogP contribution in [-0.2, 0) is 13.6 Å². The highest BCUT2D eigenvalue weighted by Gasteiger charge is 2.13. The van der Waals surface area contributed by atoms with Gasteiger partial charge in [-0.3, -0.25) is 14.4 Å². The molecular weight excluding hydrogens is 390 g/mol. The molecule has 7 nitrogen and oxygen atoms in total. The number of furan rings is 1. The van der Waals surface area contributed by atoms with Crippen LogP contribution >= 0.6 is 11.3 Å². The number of hydrogen-bond acceptors (Lipinski definition) is 5. The van der Waals surface area contributed by atoms with Crippen molar-refractivity contribution < 1.29 is 14.0 Å². The average Bonchev–Trinajstić information content (AvgIpc) is 3.37. The number of rotatable bonds is 5. The van der Waals surface area contributed by atoms with Crippen LogP contribution < -0.4 is 16.2 Å². The zero-order chi connectivity index (χ0) is 20.4. The van der Waals surface area contributed by atoms with Gasteiger partial charge >= 0.3 is 0 Å². The monoisotopic (exact) mass is 407 g/mol. The van der Waals surface area contributed by atoms with Crippen molar-refractivity contribution in [2.24, 2.45) is 7.05 Å². The van der Waals surface area contributed by atoms with Crippen LogP contribution in [0.25, 0.3) is 11.0 Å². The summed E-state index contributed by atoms with van der Waals surface area (Å²) in [7, 11) is 1.58. The van der Waals surface area contributed by atoms with Gasteiger partial charge in [0.15, 0.2) is 5.76 Å². The van der Waals surface area contributed by atoms with E-state index in [1.807, 2.05) is 16.8 Å². The number of aromatic nitrogens is 1. The molecule has 0 aliphatic carbocycles. The van der Waals surface area contributed by atoms with Gasteiger partial charge in [0.05, 0.1) is 5.56 Å². The predicted molar refractivity (Wildman–Crippen MR) is 111 cm³/mol. The summed E-state index contributed by atoms with van der Waals surface area (Å²) in [5.74, 6) is -0.433. The molecule has 4 rings (SSSR count). The molecule has 146 valence electrons. The fourth-order valence-corrected chi connectivity index (χ4v) is 3.50. The van der Waals surface area contributed by atoms with Crippen molar-refractivity contribution in [3.63, 3.8) is 0 Å². The third kappa shape index (κ3) is 4.12. The largest absolute Gasteiger partial charge is 0.451 e. The van der Waals surface area contributed by atoms with Gasteiger partial charge in [-0.15, -0.1) is 0 Å². The van der Waals surface area contributed by atoms with E-state index in [0.29, 0.717) is 28.8 Å². The minimum Gasteiger partial charge on any atom is -0.451 e. The number of carbonyl (C=O) groups excluding carboxylic acids is 2. The number of fused-ring (bicyclic) bond motifs is 1. The number of carbonyl (C=O) groups is 2. The number of anilines is 1. The van der Waals surface area contributed by atoms with Crippen LogP contribution in [0.5, 0.6) is 0 Å². The van der Waals surface area contributed by atoms with Crippen LogP contribution in [0.4, 0.5) is 5.69 Å². The van der Waals surface area contributed by atoms with E-state index in [-0.39, 0.29) is 23.1 Å². The van der Waals surface area contributed by atoms with Gasteiger partial charge in [-0.05, 0) is 52.7 Å². The summed E-state index contributed by atoms with van der Waals surface area (Å²) in [5.41, 5.74) is 2.31. The number of hydrogen-bond donors (Lipinski definition) is 2. The lowest BCUT2D eigenvalue weighted by Gasteiger charge is -2.06. The first-order valence-corrected chi connectivity index (χ1v) is 9.75. The van der Waals surface area contributed by atoms with Crippen molar-refractivity contribution in [2.75, 3.05) is 5.32 Å². The van der Waals surface area contributed by atoms with Crippen LogP contribution in [0.15, 0.2) is 68.6 Å². The molecule has 2 amide bonds. The molecule has 4 aromatic rings.